The Labute approximate surface area is 122 Å². The zero-order chi connectivity index (χ0) is 14.8. The molecule has 1 aliphatic heterocycles. The molecule has 1 fully saturated rings. The van der Waals surface area contributed by atoms with E-state index in [1.165, 1.54) is 12.8 Å². The quantitative estimate of drug-likeness (QED) is 0.868. The fraction of sp³-hybridized carbons (Fsp3) is 0.688. The molecule has 4 heteroatoms. The summed E-state index contributed by atoms with van der Waals surface area (Å²) in [6.07, 6.45) is 5.39. The Morgan fingerprint density at radius 2 is 1.95 bits per heavy atom. The van der Waals surface area contributed by atoms with Gasteiger partial charge < -0.3 is 10.8 Å². The Morgan fingerprint density at radius 1 is 1.35 bits per heavy atom. The third kappa shape index (κ3) is 2.42. The van der Waals surface area contributed by atoms with Crippen molar-refractivity contribution in [1.82, 2.24) is 9.88 Å². The van der Waals surface area contributed by atoms with Crippen molar-refractivity contribution in [2.24, 2.45) is 0 Å². The zero-order valence-corrected chi connectivity index (χ0v) is 12.9. The van der Waals surface area contributed by atoms with Crippen LogP contribution in [-0.4, -0.2) is 33.6 Å². The number of aliphatic hydroxyl groups is 1. The minimum atomic E-state index is -0.579. The molecule has 4 nitrogen and oxygen atoms in total. The summed E-state index contributed by atoms with van der Waals surface area (Å²) < 4.78 is 0. The van der Waals surface area contributed by atoms with Crippen LogP contribution in [0.5, 0.6) is 0 Å². The van der Waals surface area contributed by atoms with E-state index in [0.717, 1.165) is 37.1 Å². The summed E-state index contributed by atoms with van der Waals surface area (Å²) in [5.41, 5.74) is 7.65. The Balaban J connectivity index is 2.43. The monoisotopic (exact) mass is 277 g/mol. The Morgan fingerprint density at radius 3 is 2.45 bits per heavy atom. The molecular formula is C16H27N3O. The molecule has 0 aromatic carbocycles. The van der Waals surface area contributed by atoms with Gasteiger partial charge in [0.2, 0.25) is 0 Å². The molecule has 1 unspecified atom stereocenters. The Bertz CT molecular complexity index is 431. The van der Waals surface area contributed by atoms with Gasteiger partial charge in [-0.2, -0.15) is 0 Å². The van der Waals surface area contributed by atoms with Gasteiger partial charge in [-0.25, -0.2) is 4.98 Å². The molecule has 112 valence electrons. The lowest BCUT2D eigenvalue weighted by molar-refractivity contribution is -0.0295. The normalized spacial score (nSPS) is 18.4. The van der Waals surface area contributed by atoms with Gasteiger partial charge in [0.25, 0.3) is 0 Å². The molecule has 0 saturated carbocycles. The summed E-state index contributed by atoms with van der Waals surface area (Å²) in [5.74, 6) is 0.461. The molecule has 2 heterocycles. The molecule has 0 aliphatic carbocycles. The van der Waals surface area contributed by atoms with E-state index in [9.17, 15) is 5.11 Å². The molecule has 0 radical (unpaired) electrons. The van der Waals surface area contributed by atoms with Gasteiger partial charge in [-0.3, -0.25) is 4.90 Å². The van der Waals surface area contributed by atoms with Crippen molar-refractivity contribution in [3.8, 4) is 0 Å². The molecule has 0 bridgehead atoms. The first-order valence-electron chi connectivity index (χ1n) is 7.71. The number of nitrogens with zero attached hydrogens (tertiary/aromatic N) is 2. The number of rotatable bonds is 5. The lowest BCUT2D eigenvalue weighted by atomic mass is 9.80. The maximum absolute atomic E-state index is 11.1. The molecule has 1 atom stereocenters. The first-order valence-corrected chi connectivity index (χ1v) is 7.71. The van der Waals surface area contributed by atoms with Crippen LogP contribution in [0.25, 0.3) is 0 Å². The highest BCUT2D eigenvalue weighted by molar-refractivity contribution is 5.46. The summed E-state index contributed by atoms with van der Waals surface area (Å²) >= 11 is 0. The molecule has 0 amide bonds. The number of hydrogen-bond acceptors (Lipinski definition) is 4. The molecule has 1 saturated heterocycles. The van der Waals surface area contributed by atoms with Crippen LogP contribution in [0.15, 0.2) is 12.3 Å². The Kier molecular flexibility index (Phi) is 4.66. The highest BCUT2D eigenvalue weighted by Crippen LogP contribution is 2.41. The summed E-state index contributed by atoms with van der Waals surface area (Å²) in [4.78, 5) is 6.62. The zero-order valence-electron chi connectivity index (χ0n) is 12.9. The van der Waals surface area contributed by atoms with Crippen molar-refractivity contribution in [2.45, 2.75) is 58.1 Å². The fourth-order valence-electron chi connectivity index (χ4n) is 3.63. The predicted molar refractivity (Wildman–Crippen MR) is 82.5 cm³/mol. The van der Waals surface area contributed by atoms with Crippen molar-refractivity contribution in [3.05, 3.63) is 23.4 Å². The molecule has 20 heavy (non-hydrogen) atoms. The molecule has 1 aliphatic rings. The average Bonchev–Trinajstić information content (AvgIpc) is 2.95. The van der Waals surface area contributed by atoms with Crippen molar-refractivity contribution in [2.75, 3.05) is 18.8 Å². The van der Waals surface area contributed by atoms with Crippen molar-refractivity contribution >= 4 is 5.82 Å². The van der Waals surface area contributed by atoms with Crippen LogP contribution in [0, 0.1) is 6.92 Å². The summed E-state index contributed by atoms with van der Waals surface area (Å²) in [5, 5.41) is 11.1. The number of anilines is 1. The van der Waals surface area contributed by atoms with Crippen LogP contribution in [0.4, 0.5) is 5.82 Å². The lowest BCUT2D eigenvalue weighted by Gasteiger charge is -2.45. The van der Waals surface area contributed by atoms with Gasteiger partial charge in [0.1, 0.15) is 11.9 Å². The fourth-order valence-corrected chi connectivity index (χ4v) is 3.63. The van der Waals surface area contributed by atoms with Crippen LogP contribution < -0.4 is 5.73 Å². The molecule has 0 spiro atoms. The van der Waals surface area contributed by atoms with E-state index in [4.69, 9.17) is 5.73 Å². The number of nitrogen functional groups attached to an aromatic ring is 1. The predicted octanol–water partition coefficient (Wildman–Crippen LogP) is 2.66. The lowest BCUT2D eigenvalue weighted by Crippen LogP contribution is -2.51. The first-order chi connectivity index (χ1) is 9.56. The van der Waals surface area contributed by atoms with E-state index in [1.54, 1.807) is 6.20 Å². The maximum atomic E-state index is 11.1. The van der Waals surface area contributed by atoms with E-state index >= 15 is 0 Å². The standard InChI is InChI=1S/C16H27N3O/c1-4-16(5-2,19-10-6-7-11-19)14(20)13-12(3)8-9-18-15(13)17/h8-9,14,20H,4-7,10-11H2,1-3H3,(H2,17,18). The third-order valence-corrected chi connectivity index (χ3v) is 4.98. The second-order valence-corrected chi connectivity index (χ2v) is 5.83. The Hall–Kier alpha value is -1.13. The molecule has 2 rings (SSSR count). The minimum absolute atomic E-state index is 0.224. The van der Waals surface area contributed by atoms with Crippen molar-refractivity contribution in [1.29, 1.82) is 0 Å². The number of aryl methyl sites for hydroxylation is 1. The van der Waals surface area contributed by atoms with E-state index < -0.39 is 6.10 Å². The topological polar surface area (TPSA) is 62.4 Å². The van der Waals surface area contributed by atoms with Crippen LogP contribution in [0.2, 0.25) is 0 Å². The second kappa shape index (κ2) is 6.10. The van der Waals surface area contributed by atoms with Crippen molar-refractivity contribution in [3.63, 3.8) is 0 Å². The third-order valence-electron chi connectivity index (χ3n) is 4.98. The number of likely N-dealkylation sites (tertiary alicyclic amines) is 1. The van der Waals surface area contributed by atoms with Gasteiger partial charge in [-0.1, -0.05) is 13.8 Å². The first kappa shape index (κ1) is 15.3. The van der Waals surface area contributed by atoms with Gasteiger partial charge in [0.05, 0.1) is 5.54 Å². The molecular weight excluding hydrogens is 250 g/mol. The largest absolute Gasteiger partial charge is 0.386 e. The number of nitrogens with two attached hydrogens (primary N) is 1. The van der Waals surface area contributed by atoms with Crippen LogP contribution in [0.1, 0.15) is 56.8 Å². The number of aromatic nitrogens is 1. The van der Waals surface area contributed by atoms with E-state index in [-0.39, 0.29) is 5.54 Å². The van der Waals surface area contributed by atoms with Crippen LogP contribution in [0.3, 0.4) is 0 Å². The van der Waals surface area contributed by atoms with E-state index in [2.05, 4.69) is 23.7 Å². The van der Waals surface area contributed by atoms with Gasteiger partial charge in [0.15, 0.2) is 0 Å². The minimum Gasteiger partial charge on any atom is -0.386 e. The number of aliphatic hydroxyl groups excluding tert-OH is 1. The van der Waals surface area contributed by atoms with Crippen LogP contribution in [-0.2, 0) is 0 Å². The molecule has 1 aromatic rings. The summed E-state index contributed by atoms with van der Waals surface area (Å²) in [6, 6.07) is 1.93. The highest BCUT2D eigenvalue weighted by Gasteiger charge is 2.43. The van der Waals surface area contributed by atoms with Crippen LogP contribution >= 0.6 is 0 Å². The van der Waals surface area contributed by atoms with Gasteiger partial charge in [-0.15, -0.1) is 0 Å². The van der Waals surface area contributed by atoms with Crippen molar-refractivity contribution < 1.29 is 5.11 Å². The van der Waals surface area contributed by atoms with E-state index in [0.29, 0.717) is 5.82 Å². The number of pyridine rings is 1. The van der Waals surface area contributed by atoms with Gasteiger partial charge >= 0.3 is 0 Å². The molecule has 3 N–H and O–H groups in total. The average molecular weight is 277 g/mol. The summed E-state index contributed by atoms with van der Waals surface area (Å²) in [6.45, 7) is 8.45. The smallest absolute Gasteiger partial charge is 0.129 e. The highest BCUT2D eigenvalue weighted by atomic mass is 16.3. The number of hydrogen-bond donors (Lipinski definition) is 2. The SMILES string of the molecule is CCC(CC)(C(O)c1c(C)ccnc1N)N1CCCC1. The van der Waals surface area contributed by atoms with Gasteiger partial charge in [-0.05, 0) is 57.3 Å². The van der Waals surface area contributed by atoms with Gasteiger partial charge in [0, 0.05) is 11.8 Å². The molecule has 1 aromatic heterocycles. The van der Waals surface area contributed by atoms with E-state index in [1.807, 2.05) is 13.0 Å². The summed E-state index contributed by atoms with van der Waals surface area (Å²) in [7, 11) is 0. The maximum Gasteiger partial charge on any atom is 0.129 e. The second-order valence-electron chi connectivity index (χ2n) is 5.83.